The molecule has 1 amide bonds. The maximum atomic E-state index is 12.5. The minimum atomic E-state index is -0.995. The normalized spacial score (nSPS) is 11.8. The molecule has 0 saturated heterocycles. The summed E-state index contributed by atoms with van der Waals surface area (Å²) in [5.74, 6) is -0.995. The molecule has 1 aromatic carbocycles. The van der Waals surface area contributed by atoms with Gasteiger partial charge < -0.3 is 15.6 Å². The van der Waals surface area contributed by atoms with E-state index in [1.807, 2.05) is 30.3 Å². The minimum absolute atomic E-state index is 0.138. The first-order chi connectivity index (χ1) is 12.1. The first-order valence-electron chi connectivity index (χ1n) is 9.00. The average molecular weight is 350 g/mol. The highest BCUT2D eigenvalue weighted by Crippen LogP contribution is 2.14. The van der Waals surface area contributed by atoms with Gasteiger partial charge >= 0.3 is 12.1 Å². The summed E-state index contributed by atoms with van der Waals surface area (Å²) < 4.78 is 5.36. The molecular formula is C19H30N2O4. The van der Waals surface area contributed by atoms with E-state index in [0.29, 0.717) is 25.9 Å². The van der Waals surface area contributed by atoms with Crippen molar-refractivity contribution in [1.29, 1.82) is 0 Å². The molecular weight excluding hydrogens is 320 g/mol. The van der Waals surface area contributed by atoms with Crippen LogP contribution >= 0.6 is 0 Å². The lowest BCUT2D eigenvalue weighted by Gasteiger charge is -2.28. The number of carbonyl (C=O) groups excluding carboxylic acids is 1. The summed E-state index contributed by atoms with van der Waals surface area (Å²) in [6.45, 7) is 3.11. The van der Waals surface area contributed by atoms with Gasteiger partial charge in [0, 0.05) is 6.54 Å². The minimum Gasteiger partial charge on any atom is -0.480 e. The van der Waals surface area contributed by atoms with E-state index in [1.165, 1.54) is 4.90 Å². The van der Waals surface area contributed by atoms with Gasteiger partial charge in [0.05, 0.1) is 0 Å². The molecule has 0 saturated carbocycles. The van der Waals surface area contributed by atoms with Crippen LogP contribution in [-0.4, -0.2) is 41.2 Å². The van der Waals surface area contributed by atoms with Crippen molar-refractivity contribution in [2.45, 2.75) is 58.1 Å². The van der Waals surface area contributed by atoms with Crippen molar-refractivity contribution in [2.24, 2.45) is 5.73 Å². The number of rotatable bonds is 12. The van der Waals surface area contributed by atoms with E-state index in [1.54, 1.807) is 0 Å². The van der Waals surface area contributed by atoms with Gasteiger partial charge in [-0.2, -0.15) is 0 Å². The third kappa shape index (κ3) is 8.03. The first kappa shape index (κ1) is 21.0. The van der Waals surface area contributed by atoms with Crippen LogP contribution in [0.2, 0.25) is 0 Å². The first-order valence-corrected chi connectivity index (χ1v) is 9.00. The lowest BCUT2D eigenvalue weighted by molar-refractivity contribution is -0.143. The molecule has 0 fully saturated rings. The summed E-state index contributed by atoms with van der Waals surface area (Å²) >= 11 is 0. The second-order valence-electron chi connectivity index (χ2n) is 6.08. The zero-order valence-corrected chi connectivity index (χ0v) is 15.0. The van der Waals surface area contributed by atoms with E-state index in [-0.39, 0.29) is 6.61 Å². The fraction of sp³-hybridized carbons (Fsp3) is 0.579. The van der Waals surface area contributed by atoms with Crippen LogP contribution in [0, 0.1) is 0 Å². The SMILES string of the molecule is CCCCCN(C(=O)OCc1ccccc1)C(CCCCN)C(=O)O. The largest absolute Gasteiger partial charge is 0.480 e. The van der Waals surface area contributed by atoms with Gasteiger partial charge in [-0.3, -0.25) is 4.90 Å². The van der Waals surface area contributed by atoms with Gasteiger partial charge in [-0.05, 0) is 37.8 Å². The van der Waals surface area contributed by atoms with Crippen LogP contribution in [0.5, 0.6) is 0 Å². The number of hydrogen-bond acceptors (Lipinski definition) is 4. The zero-order chi connectivity index (χ0) is 18.5. The number of carboxylic acids is 1. The predicted molar refractivity (Wildman–Crippen MR) is 97.2 cm³/mol. The number of unbranched alkanes of at least 4 members (excludes halogenated alkanes) is 3. The van der Waals surface area contributed by atoms with Gasteiger partial charge in [-0.15, -0.1) is 0 Å². The highest BCUT2D eigenvalue weighted by molar-refractivity contribution is 5.80. The molecule has 25 heavy (non-hydrogen) atoms. The molecule has 0 radical (unpaired) electrons. The Morgan fingerprint density at radius 3 is 2.48 bits per heavy atom. The highest BCUT2D eigenvalue weighted by atomic mass is 16.6. The topological polar surface area (TPSA) is 92.9 Å². The van der Waals surface area contributed by atoms with Crippen LogP contribution in [0.15, 0.2) is 30.3 Å². The Morgan fingerprint density at radius 1 is 1.16 bits per heavy atom. The van der Waals surface area contributed by atoms with E-state index in [4.69, 9.17) is 10.5 Å². The Kier molecular flexibility index (Phi) is 10.3. The number of nitrogens with two attached hydrogens (primary N) is 1. The predicted octanol–water partition coefficient (Wildman–Crippen LogP) is 3.40. The van der Waals surface area contributed by atoms with Gasteiger partial charge in [0.15, 0.2) is 0 Å². The smallest absolute Gasteiger partial charge is 0.410 e. The van der Waals surface area contributed by atoms with Crippen molar-refractivity contribution in [2.75, 3.05) is 13.1 Å². The number of ether oxygens (including phenoxy) is 1. The van der Waals surface area contributed by atoms with Gasteiger partial charge in [0.1, 0.15) is 12.6 Å². The monoisotopic (exact) mass is 350 g/mol. The van der Waals surface area contributed by atoms with Gasteiger partial charge in [0.2, 0.25) is 0 Å². The fourth-order valence-electron chi connectivity index (χ4n) is 2.60. The standard InChI is InChI=1S/C19H30N2O4/c1-2-3-9-14-21(17(18(22)23)12-7-8-13-20)19(24)25-15-16-10-5-4-6-11-16/h4-6,10-11,17H,2-3,7-9,12-15,20H2,1H3,(H,22,23). The third-order valence-corrected chi connectivity index (χ3v) is 4.04. The summed E-state index contributed by atoms with van der Waals surface area (Å²) in [7, 11) is 0. The maximum Gasteiger partial charge on any atom is 0.410 e. The third-order valence-electron chi connectivity index (χ3n) is 4.04. The lowest BCUT2D eigenvalue weighted by atomic mass is 10.1. The van der Waals surface area contributed by atoms with Crippen LogP contribution in [0.1, 0.15) is 51.0 Å². The number of carboxylic acid groups (broad SMARTS) is 1. The van der Waals surface area contributed by atoms with Crippen LogP contribution < -0.4 is 5.73 Å². The quantitative estimate of drug-likeness (QED) is 0.564. The summed E-state index contributed by atoms with van der Waals surface area (Å²) in [5, 5.41) is 9.55. The molecule has 1 atom stereocenters. The summed E-state index contributed by atoms with van der Waals surface area (Å²) in [4.78, 5) is 25.5. The Hall–Kier alpha value is -2.08. The molecule has 6 heteroatoms. The molecule has 1 unspecified atom stereocenters. The Morgan fingerprint density at radius 2 is 1.88 bits per heavy atom. The van der Waals surface area contributed by atoms with Gasteiger partial charge in [0.25, 0.3) is 0 Å². The van der Waals surface area contributed by atoms with Crippen molar-refractivity contribution in [3.05, 3.63) is 35.9 Å². The zero-order valence-electron chi connectivity index (χ0n) is 15.0. The van der Waals surface area contributed by atoms with Crippen LogP contribution in [0.25, 0.3) is 0 Å². The number of benzene rings is 1. The average Bonchev–Trinajstić information content (AvgIpc) is 2.62. The van der Waals surface area contributed by atoms with Crippen LogP contribution in [-0.2, 0) is 16.1 Å². The lowest BCUT2D eigenvalue weighted by Crippen LogP contribution is -2.46. The Balaban J connectivity index is 2.73. The Labute approximate surface area is 150 Å². The van der Waals surface area contributed by atoms with Crippen molar-refractivity contribution < 1.29 is 19.4 Å². The molecule has 3 N–H and O–H groups in total. The van der Waals surface area contributed by atoms with Gasteiger partial charge in [-0.25, -0.2) is 9.59 Å². The molecule has 6 nitrogen and oxygen atoms in total. The molecule has 0 aliphatic carbocycles. The number of hydrogen-bond donors (Lipinski definition) is 2. The van der Waals surface area contributed by atoms with Crippen molar-refractivity contribution in [1.82, 2.24) is 4.90 Å². The molecule has 1 rings (SSSR count). The highest BCUT2D eigenvalue weighted by Gasteiger charge is 2.30. The Bertz CT molecular complexity index is 507. The molecule has 0 aromatic heterocycles. The number of carbonyl (C=O) groups is 2. The molecule has 0 aliphatic rings. The molecule has 0 bridgehead atoms. The number of nitrogens with zero attached hydrogens (tertiary/aromatic N) is 1. The molecule has 0 aliphatic heterocycles. The molecule has 140 valence electrons. The van der Waals surface area contributed by atoms with Gasteiger partial charge in [-0.1, -0.05) is 50.1 Å². The molecule has 0 heterocycles. The van der Waals surface area contributed by atoms with E-state index >= 15 is 0 Å². The van der Waals surface area contributed by atoms with E-state index in [2.05, 4.69) is 6.92 Å². The number of amides is 1. The van der Waals surface area contributed by atoms with E-state index in [0.717, 1.165) is 31.2 Å². The van der Waals surface area contributed by atoms with Crippen LogP contribution in [0.3, 0.4) is 0 Å². The van der Waals surface area contributed by atoms with Crippen LogP contribution in [0.4, 0.5) is 4.79 Å². The summed E-state index contributed by atoms with van der Waals surface area (Å²) in [6.07, 6.45) is 3.93. The summed E-state index contributed by atoms with van der Waals surface area (Å²) in [6, 6.07) is 8.49. The second kappa shape index (κ2) is 12.3. The number of aliphatic carboxylic acids is 1. The van der Waals surface area contributed by atoms with E-state index < -0.39 is 18.1 Å². The van der Waals surface area contributed by atoms with Crippen molar-refractivity contribution in [3.8, 4) is 0 Å². The van der Waals surface area contributed by atoms with Crippen molar-refractivity contribution in [3.63, 3.8) is 0 Å². The fourth-order valence-corrected chi connectivity index (χ4v) is 2.60. The van der Waals surface area contributed by atoms with Crippen molar-refractivity contribution >= 4 is 12.1 Å². The molecule has 1 aromatic rings. The maximum absolute atomic E-state index is 12.5. The second-order valence-corrected chi connectivity index (χ2v) is 6.08. The van der Waals surface area contributed by atoms with E-state index in [9.17, 15) is 14.7 Å². The molecule has 0 spiro atoms. The summed E-state index contributed by atoms with van der Waals surface area (Å²) in [5.41, 5.74) is 6.36.